The summed E-state index contributed by atoms with van der Waals surface area (Å²) in [5.41, 5.74) is 0.391. The van der Waals surface area contributed by atoms with E-state index in [1.54, 1.807) is 28.1 Å². The molecule has 0 aromatic carbocycles. The van der Waals surface area contributed by atoms with Crippen LogP contribution in [0.3, 0.4) is 0 Å². The molecular formula is C9H21N3O6S. The summed E-state index contributed by atoms with van der Waals surface area (Å²) in [4.78, 5) is 11.1. The number of likely N-dealkylation sites (N-methyl/N-ethyl adjacent to an activating group) is 3. The molecule has 0 saturated heterocycles. The first-order valence-corrected chi connectivity index (χ1v) is 6.50. The maximum atomic E-state index is 11.1. The Morgan fingerprint density at radius 2 is 1.53 bits per heavy atom. The van der Waals surface area contributed by atoms with Gasteiger partial charge in [-0.2, -0.15) is 8.42 Å². The van der Waals surface area contributed by atoms with Gasteiger partial charge in [0.1, 0.15) is 6.61 Å². The van der Waals surface area contributed by atoms with E-state index in [0.717, 1.165) is 0 Å². The second kappa shape index (κ2) is 8.96. The fourth-order valence-electron chi connectivity index (χ4n) is 0.889. The van der Waals surface area contributed by atoms with Crippen LogP contribution in [0.1, 0.15) is 6.92 Å². The zero-order valence-electron chi connectivity index (χ0n) is 11.3. The minimum absolute atomic E-state index is 0.183. The van der Waals surface area contributed by atoms with Crippen molar-refractivity contribution in [2.75, 3.05) is 27.7 Å². The topological polar surface area (TPSA) is 137 Å². The SMILES string of the molecule is C=C(C)C(=O)OCC(NC)(NC)NC.O=S(=O)(O)O. The van der Waals surface area contributed by atoms with Crippen molar-refractivity contribution in [3.8, 4) is 0 Å². The molecule has 114 valence electrons. The minimum atomic E-state index is -4.67. The van der Waals surface area contributed by atoms with E-state index in [1.165, 1.54) is 0 Å². The zero-order chi connectivity index (χ0) is 15.7. The van der Waals surface area contributed by atoms with Gasteiger partial charge in [0, 0.05) is 5.57 Å². The molecule has 19 heavy (non-hydrogen) atoms. The number of carbonyl (C=O) groups excluding carboxylic acids is 1. The van der Waals surface area contributed by atoms with Gasteiger partial charge in [0.15, 0.2) is 5.79 Å². The highest BCUT2D eigenvalue weighted by Gasteiger charge is 2.25. The van der Waals surface area contributed by atoms with E-state index in [1.807, 2.05) is 0 Å². The Kier molecular flexibility index (Phi) is 9.56. The number of nitrogens with one attached hydrogen (secondary N) is 3. The molecule has 0 aromatic rings. The van der Waals surface area contributed by atoms with E-state index in [9.17, 15) is 4.79 Å². The van der Waals surface area contributed by atoms with Crippen molar-refractivity contribution in [2.24, 2.45) is 0 Å². The van der Waals surface area contributed by atoms with Crippen LogP contribution in [0.15, 0.2) is 12.2 Å². The highest BCUT2D eigenvalue weighted by molar-refractivity contribution is 7.79. The lowest BCUT2D eigenvalue weighted by Crippen LogP contribution is -2.66. The average molecular weight is 299 g/mol. The molecule has 0 aliphatic heterocycles. The summed E-state index contributed by atoms with van der Waals surface area (Å²) in [6.45, 7) is 5.29. The summed E-state index contributed by atoms with van der Waals surface area (Å²) in [7, 11) is 0.630. The standard InChI is InChI=1S/C9H19N3O2.H2O4S/c1-7(2)8(13)14-6-9(10-3,11-4)12-5;1-5(2,3)4/h10-12H,1,6H2,2-5H3;(H2,1,2,3,4). The van der Waals surface area contributed by atoms with E-state index >= 15 is 0 Å². The number of carbonyl (C=O) groups is 1. The Bertz CT molecular complexity index is 374. The molecule has 0 bridgehead atoms. The maximum absolute atomic E-state index is 11.1. The molecule has 0 amide bonds. The van der Waals surface area contributed by atoms with Crippen molar-refractivity contribution in [2.45, 2.75) is 12.7 Å². The first-order valence-electron chi connectivity index (χ1n) is 5.10. The molecule has 0 aliphatic rings. The second-order valence-corrected chi connectivity index (χ2v) is 4.36. The van der Waals surface area contributed by atoms with Crippen molar-refractivity contribution < 1.29 is 27.1 Å². The molecular weight excluding hydrogens is 278 g/mol. The molecule has 0 saturated carbocycles. The normalized spacial score (nSPS) is 11.3. The van der Waals surface area contributed by atoms with E-state index in [2.05, 4.69) is 22.5 Å². The van der Waals surface area contributed by atoms with Crippen LogP contribution >= 0.6 is 0 Å². The van der Waals surface area contributed by atoms with Crippen LogP contribution in [0.5, 0.6) is 0 Å². The van der Waals surface area contributed by atoms with Gasteiger partial charge in [-0.25, -0.2) is 4.79 Å². The number of hydrogen-bond donors (Lipinski definition) is 5. The molecule has 5 N–H and O–H groups in total. The van der Waals surface area contributed by atoms with Gasteiger partial charge < -0.3 is 4.74 Å². The molecule has 9 nitrogen and oxygen atoms in total. The van der Waals surface area contributed by atoms with Crippen LogP contribution in [-0.2, 0) is 19.9 Å². The van der Waals surface area contributed by atoms with Crippen molar-refractivity contribution in [1.82, 2.24) is 16.0 Å². The van der Waals surface area contributed by atoms with Crippen molar-refractivity contribution in [3.05, 3.63) is 12.2 Å². The quantitative estimate of drug-likeness (QED) is 0.176. The number of esters is 1. The lowest BCUT2D eigenvalue weighted by Gasteiger charge is -2.31. The molecule has 0 unspecified atom stereocenters. The Balaban J connectivity index is 0. The van der Waals surface area contributed by atoms with Gasteiger partial charge in [0.25, 0.3) is 0 Å². The fraction of sp³-hybridized carbons (Fsp3) is 0.667. The van der Waals surface area contributed by atoms with Gasteiger partial charge in [-0.15, -0.1) is 0 Å². The average Bonchev–Trinajstić information content (AvgIpc) is 2.29. The summed E-state index contributed by atoms with van der Waals surface area (Å²) in [5.74, 6) is -0.986. The first kappa shape index (κ1) is 20.3. The molecule has 0 spiro atoms. The molecule has 10 heteroatoms. The van der Waals surface area contributed by atoms with Crippen LogP contribution < -0.4 is 16.0 Å². The van der Waals surface area contributed by atoms with Crippen LogP contribution in [0, 0.1) is 0 Å². The molecule has 0 atom stereocenters. The summed E-state index contributed by atoms with van der Waals surface area (Å²) in [6, 6.07) is 0. The highest BCUT2D eigenvalue weighted by atomic mass is 32.3. The smallest absolute Gasteiger partial charge is 0.394 e. The Labute approximate surface area is 113 Å². The molecule has 0 rings (SSSR count). The number of rotatable bonds is 6. The lowest BCUT2D eigenvalue weighted by atomic mass is 10.3. The summed E-state index contributed by atoms with van der Waals surface area (Å²) >= 11 is 0. The third-order valence-corrected chi connectivity index (χ3v) is 2.05. The van der Waals surface area contributed by atoms with Gasteiger partial charge in [0.2, 0.25) is 0 Å². The van der Waals surface area contributed by atoms with Gasteiger partial charge in [-0.05, 0) is 28.1 Å². The monoisotopic (exact) mass is 299 g/mol. The van der Waals surface area contributed by atoms with Crippen molar-refractivity contribution in [1.29, 1.82) is 0 Å². The molecule has 0 heterocycles. The molecule has 0 aromatic heterocycles. The summed E-state index contributed by atoms with van der Waals surface area (Å²) in [5, 5.41) is 8.94. The second-order valence-electron chi connectivity index (χ2n) is 3.46. The highest BCUT2D eigenvalue weighted by Crippen LogP contribution is 1.98. The lowest BCUT2D eigenvalue weighted by molar-refractivity contribution is -0.142. The van der Waals surface area contributed by atoms with Gasteiger partial charge >= 0.3 is 16.4 Å². The van der Waals surface area contributed by atoms with Crippen molar-refractivity contribution >= 4 is 16.4 Å². The Hall–Kier alpha value is -1.04. The van der Waals surface area contributed by atoms with Gasteiger partial charge in [0.05, 0.1) is 0 Å². The molecule has 0 aliphatic carbocycles. The summed E-state index contributed by atoms with van der Waals surface area (Å²) in [6.07, 6.45) is 0. The van der Waals surface area contributed by atoms with Crippen LogP contribution in [0.2, 0.25) is 0 Å². The minimum Gasteiger partial charge on any atom is -0.457 e. The van der Waals surface area contributed by atoms with E-state index in [-0.39, 0.29) is 6.61 Å². The zero-order valence-corrected chi connectivity index (χ0v) is 12.2. The first-order chi connectivity index (χ1) is 8.51. The Morgan fingerprint density at radius 1 is 1.21 bits per heavy atom. The fourth-order valence-corrected chi connectivity index (χ4v) is 0.889. The van der Waals surface area contributed by atoms with Gasteiger partial charge in [-0.1, -0.05) is 6.58 Å². The Morgan fingerprint density at radius 3 is 1.74 bits per heavy atom. The van der Waals surface area contributed by atoms with Crippen molar-refractivity contribution in [3.63, 3.8) is 0 Å². The molecule has 0 radical (unpaired) electrons. The van der Waals surface area contributed by atoms with Gasteiger partial charge in [-0.3, -0.25) is 25.1 Å². The molecule has 0 fully saturated rings. The van der Waals surface area contributed by atoms with Crippen LogP contribution in [-0.4, -0.2) is 57.0 Å². The van der Waals surface area contributed by atoms with E-state index in [0.29, 0.717) is 5.57 Å². The number of hydrogen-bond acceptors (Lipinski definition) is 7. The maximum Gasteiger partial charge on any atom is 0.394 e. The predicted octanol–water partition coefficient (Wildman–Crippen LogP) is -1.24. The predicted molar refractivity (Wildman–Crippen MR) is 69.9 cm³/mol. The third kappa shape index (κ3) is 11.8. The number of ether oxygens (including phenoxy) is 1. The van der Waals surface area contributed by atoms with E-state index < -0.39 is 22.2 Å². The third-order valence-electron chi connectivity index (χ3n) is 2.05. The van der Waals surface area contributed by atoms with E-state index in [4.69, 9.17) is 22.3 Å². The summed E-state index contributed by atoms with van der Waals surface area (Å²) < 4.78 is 36.6. The largest absolute Gasteiger partial charge is 0.457 e. The van der Waals surface area contributed by atoms with Crippen LogP contribution in [0.4, 0.5) is 0 Å². The van der Waals surface area contributed by atoms with Crippen LogP contribution in [0.25, 0.3) is 0 Å².